The molecule has 5 nitrogen and oxygen atoms in total. The van der Waals surface area contributed by atoms with Gasteiger partial charge in [0.25, 0.3) is 0 Å². The SMILES string of the molecule is CC(C)(O)Cn1nc(-c2ccco2)nc1[C@@H]1C[C@@H]2C=C[C@H]1C2. The fourth-order valence-electron chi connectivity index (χ4n) is 3.70. The first-order valence-electron chi connectivity index (χ1n) is 7.89. The molecule has 2 aromatic rings. The van der Waals surface area contributed by atoms with E-state index in [0.717, 1.165) is 12.2 Å². The van der Waals surface area contributed by atoms with Crippen LogP contribution < -0.4 is 0 Å². The fraction of sp³-hybridized carbons (Fsp3) is 0.529. The lowest BCUT2D eigenvalue weighted by molar-refractivity contribution is 0.0561. The predicted octanol–water partition coefficient (Wildman–Crippen LogP) is 2.99. The first kappa shape index (κ1) is 13.8. The Morgan fingerprint density at radius 2 is 2.23 bits per heavy atom. The van der Waals surface area contributed by atoms with E-state index in [1.807, 2.05) is 16.8 Å². The maximum atomic E-state index is 10.2. The molecular formula is C17H21N3O2. The summed E-state index contributed by atoms with van der Waals surface area (Å²) in [4.78, 5) is 4.75. The van der Waals surface area contributed by atoms with Gasteiger partial charge >= 0.3 is 0 Å². The van der Waals surface area contributed by atoms with Crippen LogP contribution in [-0.4, -0.2) is 25.5 Å². The summed E-state index contributed by atoms with van der Waals surface area (Å²) in [6, 6.07) is 3.71. The third-order valence-corrected chi connectivity index (χ3v) is 4.59. The lowest BCUT2D eigenvalue weighted by Crippen LogP contribution is -2.29. The van der Waals surface area contributed by atoms with Gasteiger partial charge < -0.3 is 9.52 Å². The number of aromatic nitrogens is 3. The molecule has 22 heavy (non-hydrogen) atoms. The lowest BCUT2D eigenvalue weighted by atomic mass is 9.92. The molecule has 0 radical (unpaired) electrons. The number of aliphatic hydroxyl groups is 1. The smallest absolute Gasteiger partial charge is 0.217 e. The van der Waals surface area contributed by atoms with E-state index in [2.05, 4.69) is 17.3 Å². The molecule has 3 atom stereocenters. The zero-order chi connectivity index (χ0) is 15.3. The molecule has 1 N–H and O–H groups in total. The minimum Gasteiger partial charge on any atom is -0.461 e. The Morgan fingerprint density at radius 1 is 1.36 bits per heavy atom. The predicted molar refractivity (Wildman–Crippen MR) is 82.1 cm³/mol. The highest BCUT2D eigenvalue weighted by Gasteiger charge is 2.40. The monoisotopic (exact) mass is 299 g/mol. The zero-order valence-corrected chi connectivity index (χ0v) is 12.9. The Balaban J connectivity index is 1.73. The van der Waals surface area contributed by atoms with Crippen LogP contribution in [0.3, 0.4) is 0 Å². The van der Waals surface area contributed by atoms with Crippen LogP contribution in [0.5, 0.6) is 0 Å². The molecule has 2 bridgehead atoms. The average molecular weight is 299 g/mol. The van der Waals surface area contributed by atoms with E-state index < -0.39 is 5.60 Å². The number of allylic oxidation sites excluding steroid dienone is 2. The highest BCUT2D eigenvalue weighted by Crippen LogP contribution is 2.48. The molecule has 5 heteroatoms. The Hall–Kier alpha value is -1.88. The first-order chi connectivity index (χ1) is 10.5. The van der Waals surface area contributed by atoms with Crippen molar-refractivity contribution in [3.05, 3.63) is 36.4 Å². The van der Waals surface area contributed by atoms with Crippen LogP contribution in [0.2, 0.25) is 0 Å². The van der Waals surface area contributed by atoms with Gasteiger partial charge in [0, 0.05) is 5.92 Å². The Bertz CT molecular complexity index is 694. The third kappa shape index (κ3) is 2.39. The molecule has 2 aliphatic carbocycles. The van der Waals surface area contributed by atoms with Gasteiger partial charge in [-0.1, -0.05) is 12.2 Å². The van der Waals surface area contributed by atoms with Gasteiger partial charge in [-0.2, -0.15) is 0 Å². The second kappa shape index (κ2) is 4.81. The number of hydrogen-bond donors (Lipinski definition) is 1. The molecule has 1 fully saturated rings. The molecule has 0 spiro atoms. The van der Waals surface area contributed by atoms with Gasteiger partial charge in [0.15, 0.2) is 5.76 Å². The van der Waals surface area contributed by atoms with Gasteiger partial charge in [-0.3, -0.25) is 0 Å². The van der Waals surface area contributed by atoms with E-state index in [-0.39, 0.29) is 0 Å². The maximum Gasteiger partial charge on any atom is 0.217 e. The van der Waals surface area contributed by atoms with Crippen LogP contribution in [0.1, 0.15) is 38.4 Å². The standard InChI is InChI=1S/C17H21N3O2/c1-17(2,21)10-20-16(13-9-11-5-6-12(13)8-11)18-15(19-20)14-4-3-7-22-14/h3-7,11-13,21H,8-10H2,1-2H3/t11-,12+,13-/m1/s1. The minimum atomic E-state index is -0.823. The van der Waals surface area contributed by atoms with Crippen molar-refractivity contribution in [3.63, 3.8) is 0 Å². The van der Waals surface area contributed by atoms with Gasteiger partial charge in [0.1, 0.15) is 5.82 Å². The highest BCUT2D eigenvalue weighted by atomic mass is 16.3. The van der Waals surface area contributed by atoms with E-state index in [0.29, 0.717) is 35.9 Å². The van der Waals surface area contributed by atoms with Crippen LogP contribution in [-0.2, 0) is 6.54 Å². The number of nitrogens with zero attached hydrogens (tertiary/aromatic N) is 3. The number of rotatable bonds is 4. The topological polar surface area (TPSA) is 64.1 Å². The number of fused-ring (bicyclic) bond motifs is 2. The molecule has 2 aliphatic rings. The summed E-state index contributed by atoms with van der Waals surface area (Å²) in [5.74, 6) is 3.89. The molecule has 0 aromatic carbocycles. The largest absolute Gasteiger partial charge is 0.461 e. The van der Waals surface area contributed by atoms with Crippen molar-refractivity contribution >= 4 is 0 Å². The molecule has 0 saturated heterocycles. The Morgan fingerprint density at radius 3 is 2.82 bits per heavy atom. The van der Waals surface area contributed by atoms with Gasteiger partial charge in [0.2, 0.25) is 5.82 Å². The maximum absolute atomic E-state index is 10.2. The van der Waals surface area contributed by atoms with Gasteiger partial charge in [0.05, 0.1) is 18.4 Å². The lowest BCUT2D eigenvalue weighted by Gasteiger charge is -2.22. The summed E-state index contributed by atoms with van der Waals surface area (Å²) in [7, 11) is 0. The van der Waals surface area contributed by atoms with Crippen LogP contribution in [0.25, 0.3) is 11.6 Å². The first-order valence-corrected chi connectivity index (χ1v) is 7.89. The molecule has 2 heterocycles. The zero-order valence-electron chi connectivity index (χ0n) is 12.9. The molecule has 4 rings (SSSR count). The van der Waals surface area contributed by atoms with Crippen LogP contribution in [0, 0.1) is 11.8 Å². The molecule has 0 amide bonds. The van der Waals surface area contributed by atoms with Crippen molar-refractivity contribution in [2.45, 2.75) is 44.8 Å². The van der Waals surface area contributed by atoms with Crippen molar-refractivity contribution in [1.82, 2.24) is 14.8 Å². The molecule has 0 unspecified atom stereocenters. The quantitative estimate of drug-likeness (QED) is 0.882. The van der Waals surface area contributed by atoms with Gasteiger partial charge in [-0.15, -0.1) is 5.10 Å². The van der Waals surface area contributed by atoms with E-state index >= 15 is 0 Å². The molecule has 1 saturated carbocycles. The van der Waals surface area contributed by atoms with E-state index in [1.165, 1.54) is 6.42 Å². The second-order valence-electron chi connectivity index (χ2n) is 7.13. The minimum absolute atomic E-state index is 0.397. The molecule has 116 valence electrons. The Kier molecular flexibility index (Phi) is 3.01. The highest BCUT2D eigenvalue weighted by molar-refractivity contribution is 5.45. The molecular weight excluding hydrogens is 278 g/mol. The normalized spacial score (nSPS) is 27.0. The number of furan rings is 1. The van der Waals surface area contributed by atoms with Crippen molar-refractivity contribution < 1.29 is 9.52 Å². The van der Waals surface area contributed by atoms with Crippen LogP contribution in [0.4, 0.5) is 0 Å². The third-order valence-electron chi connectivity index (χ3n) is 4.59. The van der Waals surface area contributed by atoms with Crippen molar-refractivity contribution in [2.24, 2.45) is 11.8 Å². The summed E-state index contributed by atoms with van der Waals surface area (Å²) < 4.78 is 7.30. The number of hydrogen-bond acceptors (Lipinski definition) is 4. The summed E-state index contributed by atoms with van der Waals surface area (Å²) in [6.45, 7) is 4.03. The van der Waals surface area contributed by atoms with Gasteiger partial charge in [-0.05, 0) is 50.7 Å². The fourth-order valence-corrected chi connectivity index (χ4v) is 3.70. The van der Waals surface area contributed by atoms with Crippen molar-refractivity contribution in [3.8, 4) is 11.6 Å². The summed E-state index contributed by atoms with van der Waals surface area (Å²) in [5.41, 5.74) is -0.823. The Labute approximate surface area is 129 Å². The molecule has 2 aromatic heterocycles. The van der Waals surface area contributed by atoms with E-state index in [1.54, 1.807) is 20.1 Å². The van der Waals surface area contributed by atoms with Crippen molar-refractivity contribution in [1.29, 1.82) is 0 Å². The average Bonchev–Trinajstić information content (AvgIpc) is 3.21. The van der Waals surface area contributed by atoms with Crippen LogP contribution in [0.15, 0.2) is 35.0 Å². The second-order valence-corrected chi connectivity index (χ2v) is 7.13. The van der Waals surface area contributed by atoms with Crippen molar-refractivity contribution in [2.75, 3.05) is 0 Å². The van der Waals surface area contributed by atoms with E-state index in [4.69, 9.17) is 9.40 Å². The van der Waals surface area contributed by atoms with Crippen LogP contribution >= 0.6 is 0 Å². The summed E-state index contributed by atoms with van der Waals surface area (Å²) in [5, 5.41) is 14.8. The van der Waals surface area contributed by atoms with Gasteiger partial charge in [-0.25, -0.2) is 9.67 Å². The molecule has 0 aliphatic heterocycles. The summed E-state index contributed by atoms with van der Waals surface area (Å²) >= 11 is 0. The van der Waals surface area contributed by atoms with E-state index in [9.17, 15) is 5.11 Å². The summed E-state index contributed by atoms with van der Waals surface area (Å²) in [6.07, 6.45) is 8.62.